The molecule has 3 aromatic carbocycles. The third kappa shape index (κ3) is 2.46. The van der Waals surface area contributed by atoms with Crippen LogP contribution in [0.1, 0.15) is 11.1 Å². The molecule has 1 heteroatoms. The van der Waals surface area contributed by atoms with E-state index >= 15 is 0 Å². The van der Waals surface area contributed by atoms with Crippen molar-refractivity contribution in [2.24, 2.45) is 0 Å². The number of rotatable bonds is 2. The fourth-order valence-corrected chi connectivity index (χ4v) is 2.26. The molecular weight excluding hydrogens is 242 g/mol. The fourth-order valence-electron chi connectivity index (χ4n) is 2.26. The standard InChI is InChI=1S/C19H13N/c20-14-19(16-6-2-1-3-7-16)13-15-10-11-17-8-4-5-9-18(17)12-15/h1-13H/b19-13+. The van der Waals surface area contributed by atoms with Gasteiger partial charge in [0.15, 0.2) is 0 Å². The van der Waals surface area contributed by atoms with Crippen LogP contribution in [0.25, 0.3) is 22.4 Å². The van der Waals surface area contributed by atoms with Crippen LogP contribution < -0.4 is 0 Å². The predicted octanol–water partition coefficient (Wildman–Crippen LogP) is 4.90. The molecule has 3 aromatic rings. The Morgan fingerprint density at radius 1 is 0.800 bits per heavy atom. The van der Waals surface area contributed by atoms with Crippen molar-refractivity contribution in [3.63, 3.8) is 0 Å². The Bertz CT molecular complexity index is 808. The average molecular weight is 255 g/mol. The van der Waals surface area contributed by atoms with Crippen LogP contribution in [0.5, 0.6) is 0 Å². The van der Waals surface area contributed by atoms with Gasteiger partial charge in [0, 0.05) is 0 Å². The highest BCUT2D eigenvalue weighted by molar-refractivity contribution is 5.92. The maximum atomic E-state index is 9.34. The largest absolute Gasteiger partial charge is 0.192 e. The van der Waals surface area contributed by atoms with Crippen molar-refractivity contribution in [3.05, 3.63) is 83.9 Å². The van der Waals surface area contributed by atoms with Crippen molar-refractivity contribution in [1.82, 2.24) is 0 Å². The molecule has 0 amide bonds. The van der Waals surface area contributed by atoms with Crippen molar-refractivity contribution >= 4 is 22.4 Å². The van der Waals surface area contributed by atoms with E-state index < -0.39 is 0 Å². The van der Waals surface area contributed by atoms with Gasteiger partial charge >= 0.3 is 0 Å². The van der Waals surface area contributed by atoms with Crippen LogP contribution in [0, 0.1) is 11.3 Å². The molecule has 94 valence electrons. The van der Waals surface area contributed by atoms with Gasteiger partial charge in [-0.25, -0.2) is 0 Å². The average Bonchev–Trinajstić information content (AvgIpc) is 2.53. The lowest BCUT2D eigenvalue weighted by Crippen LogP contribution is -1.81. The van der Waals surface area contributed by atoms with Crippen LogP contribution >= 0.6 is 0 Å². The van der Waals surface area contributed by atoms with Gasteiger partial charge in [-0.3, -0.25) is 0 Å². The first-order valence-corrected chi connectivity index (χ1v) is 6.53. The Morgan fingerprint density at radius 3 is 2.25 bits per heavy atom. The third-order valence-electron chi connectivity index (χ3n) is 3.29. The number of nitriles is 1. The number of allylic oxidation sites excluding steroid dienone is 1. The molecule has 0 atom stereocenters. The Balaban J connectivity index is 2.06. The lowest BCUT2D eigenvalue weighted by Gasteiger charge is -2.02. The van der Waals surface area contributed by atoms with Gasteiger partial charge in [0.1, 0.15) is 0 Å². The summed E-state index contributed by atoms with van der Waals surface area (Å²) in [5.41, 5.74) is 2.67. The molecular formula is C19H13N. The number of hydrogen-bond acceptors (Lipinski definition) is 1. The number of hydrogen-bond donors (Lipinski definition) is 0. The first kappa shape index (κ1) is 12.2. The zero-order valence-electron chi connectivity index (χ0n) is 11.0. The van der Waals surface area contributed by atoms with Gasteiger partial charge in [0.05, 0.1) is 11.6 Å². The van der Waals surface area contributed by atoms with Crippen LogP contribution in [-0.4, -0.2) is 0 Å². The van der Waals surface area contributed by atoms with Gasteiger partial charge < -0.3 is 0 Å². The number of nitrogens with zero attached hydrogens (tertiary/aromatic N) is 1. The zero-order chi connectivity index (χ0) is 13.8. The lowest BCUT2D eigenvalue weighted by molar-refractivity contribution is 1.52. The van der Waals surface area contributed by atoms with Crippen molar-refractivity contribution in [1.29, 1.82) is 5.26 Å². The molecule has 0 heterocycles. The van der Waals surface area contributed by atoms with E-state index in [-0.39, 0.29) is 0 Å². The van der Waals surface area contributed by atoms with Gasteiger partial charge in [-0.1, -0.05) is 66.7 Å². The highest BCUT2D eigenvalue weighted by Gasteiger charge is 2.00. The van der Waals surface area contributed by atoms with Crippen LogP contribution in [-0.2, 0) is 0 Å². The molecule has 0 bridgehead atoms. The smallest absolute Gasteiger partial charge is 0.0998 e. The second-order valence-corrected chi connectivity index (χ2v) is 4.64. The molecule has 0 spiro atoms. The number of benzene rings is 3. The van der Waals surface area contributed by atoms with Gasteiger partial charge in [-0.15, -0.1) is 0 Å². The van der Waals surface area contributed by atoms with E-state index in [1.807, 2.05) is 54.6 Å². The molecule has 0 aliphatic rings. The monoisotopic (exact) mass is 255 g/mol. The van der Waals surface area contributed by atoms with Gasteiger partial charge in [0.2, 0.25) is 0 Å². The van der Waals surface area contributed by atoms with Crippen molar-refractivity contribution < 1.29 is 0 Å². The summed E-state index contributed by atoms with van der Waals surface area (Å²) in [5.74, 6) is 0. The van der Waals surface area contributed by atoms with Crippen LogP contribution in [0.3, 0.4) is 0 Å². The summed E-state index contributed by atoms with van der Waals surface area (Å²) in [6, 6.07) is 26.5. The Morgan fingerprint density at radius 2 is 1.50 bits per heavy atom. The second-order valence-electron chi connectivity index (χ2n) is 4.64. The third-order valence-corrected chi connectivity index (χ3v) is 3.29. The maximum Gasteiger partial charge on any atom is 0.0998 e. The summed E-state index contributed by atoms with van der Waals surface area (Å²) in [4.78, 5) is 0. The first-order chi connectivity index (χ1) is 9.86. The molecule has 0 N–H and O–H groups in total. The molecule has 0 aliphatic carbocycles. The predicted molar refractivity (Wildman–Crippen MR) is 83.9 cm³/mol. The van der Waals surface area contributed by atoms with Gasteiger partial charge in [-0.2, -0.15) is 5.26 Å². The number of fused-ring (bicyclic) bond motifs is 1. The van der Waals surface area contributed by atoms with Gasteiger partial charge in [-0.05, 0) is 34.0 Å². The maximum absolute atomic E-state index is 9.34. The van der Waals surface area contributed by atoms with Crippen LogP contribution in [0.15, 0.2) is 72.8 Å². The lowest BCUT2D eigenvalue weighted by atomic mass is 10.0. The van der Waals surface area contributed by atoms with E-state index in [2.05, 4.69) is 30.3 Å². The van der Waals surface area contributed by atoms with E-state index in [9.17, 15) is 5.26 Å². The van der Waals surface area contributed by atoms with E-state index in [1.165, 1.54) is 10.8 Å². The van der Waals surface area contributed by atoms with E-state index in [0.29, 0.717) is 5.57 Å². The molecule has 0 saturated heterocycles. The quantitative estimate of drug-likeness (QED) is 0.471. The minimum atomic E-state index is 0.681. The SMILES string of the molecule is N#C/C(=C\c1ccc2ccccc2c1)c1ccccc1. The van der Waals surface area contributed by atoms with Crippen LogP contribution in [0.4, 0.5) is 0 Å². The minimum absolute atomic E-state index is 0.681. The summed E-state index contributed by atoms with van der Waals surface area (Å²) >= 11 is 0. The molecule has 0 aromatic heterocycles. The first-order valence-electron chi connectivity index (χ1n) is 6.53. The summed E-state index contributed by atoms with van der Waals surface area (Å²) in [7, 11) is 0. The molecule has 0 fully saturated rings. The molecule has 3 rings (SSSR count). The highest BCUT2D eigenvalue weighted by Crippen LogP contribution is 2.21. The normalized spacial score (nSPS) is 11.2. The molecule has 0 saturated carbocycles. The zero-order valence-corrected chi connectivity index (χ0v) is 11.0. The topological polar surface area (TPSA) is 23.8 Å². The Labute approximate surface area is 118 Å². The molecule has 20 heavy (non-hydrogen) atoms. The van der Waals surface area contributed by atoms with Crippen molar-refractivity contribution in [3.8, 4) is 6.07 Å². The summed E-state index contributed by atoms with van der Waals surface area (Å²) < 4.78 is 0. The van der Waals surface area contributed by atoms with E-state index in [1.54, 1.807) is 0 Å². The minimum Gasteiger partial charge on any atom is -0.192 e. The summed E-state index contributed by atoms with van der Waals surface area (Å²) in [5, 5.41) is 11.7. The van der Waals surface area contributed by atoms with Gasteiger partial charge in [0.25, 0.3) is 0 Å². The Kier molecular flexibility index (Phi) is 3.31. The second kappa shape index (κ2) is 5.42. The van der Waals surface area contributed by atoms with Crippen molar-refractivity contribution in [2.45, 2.75) is 0 Å². The summed E-state index contributed by atoms with van der Waals surface area (Å²) in [6.07, 6.45) is 1.93. The van der Waals surface area contributed by atoms with Crippen molar-refractivity contribution in [2.75, 3.05) is 0 Å². The molecule has 0 radical (unpaired) electrons. The van der Waals surface area contributed by atoms with E-state index in [4.69, 9.17) is 0 Å². The summed E-state index contributed by atoms with van der Waals surface area (Å²) in [6.45, 7) is 0. The highest BCUT2D eigenvalue weighted by atomic mass is 14.2. The van der Waals surface area contributed by atoms with Crippen LogP contribution in [0.2, 0.25) is 0 Å². The molecule has 1 nitrogen and oxygen atoms in total. The van der Waals surface area contributed by atoms with E-state index in [0.717, 1.165) is 11.1 Å². The molecule has 0 aliphatic heterocycles. The fraction of sp³-hybridized carbons (Fsp3) is 0. The Hall–Kier alpha value is -2.85. The molecule has 0 unspecified atom stereocenters.